The van der Waals surface area contributed by atoms with Crippen LogP contribution in [-0.4, -0.2) is 58.6 Å². The molecule has 19 heavy (non-hydrogen) atoms. The molecular formula is C12H17N3O4. The van der Waals surface area contributed by atoms with Crippen LogP contribution in [0.25, 0.3) is 0 Å². The van der Waals surface area contributed by atoms with Crippen molar-refractivity contribution in [2.24, 2.45) is 0 Å². The lowest BCUT2D eigenvalue weighted by Crippen LogP contribution is -2.47. The Labute approximate surface area is 110 Å². The second-order valence-corrected chi connectivity index (χ2v) is 5.17. The van der Waals surface area contributed by atoms with Crippen molar-refractivity contribution < 1.29 is 19.2 Å². The first-order valence-electron chi connectivity index (χ1n) is 6.25. The Hall–Kier alpha value is -1.76. The zero-order valence-corrected chi connectivity index (χ0v) is 11.2. The molecule has 2 aliphatic rings. The number of imide groups is 2. The maximum absolute atomic E-state index is 12.0. The standard InChI is InChI=1S/C12H17N3O4/c1-6(2)15-10(17)5-8(12(15)19)13-7-4-9(16)14(3)11(7)18/h6-8,13H,4-5H2,1-3H3. The lowest BCUT2D eigenvalue weighted by Gasteiger charge is -2.20. The van der Waals surface area contributed by atoms with E-state index in [9.17, 15) is 19.2 Å². The Morgan fingerprint density at radius 1 is 1.00 bits per heavy atom. The second kappa shape index (κ2) is 4.73. The summed E-state index contributed by atoms with van der Waals surface area (Å²) in [6.45, 7) is 3.52. The number of hydrogen-bond acceptors (Lipinski definition) is 5. The van der Waals surface area contributed by atoms with Gasteiger partial charge in [-0.3, -0.25) is 34.3 Å². The number of carbonyl (C=O) groups excluding carboxylic acids is 4. The molecule has 2 aliphatic heterocycles. The first kappa shape index (κ1) is 13.7. The fourth-order valence-electron chi connectivity index (χ4n) is 2.45. The predicted molar refractivity (Wildman–Crippen MR) is 64.7 cm³/mol. The number of amides is 4. The summed E-state index contributed by atoms with van der Waals surface area (Å²) in [7, 11) is 1.41. The molecule has 2 atom stereocenters. The number of likely N-dealkylation sites (tertiary alicyclic amines) is 2. The van der Waals surface area contributed by atoms with Crippen molar-refractivity contribution in [2.45, 2.75) is 44.8 Å². The highest BCUT2D eigenvalue weighted by atomic mass is 16.2. The molecule has 0 bridgehead atoms. The van der Waals surface area contributed by atoms with Crippen LogP contribution in [0.1, 0.15) is 26.7 Å². The molecule has 7 heteroatoms. The van der Waals surface area contributed by atoms with Crippen molar-refractivity contribution in [2.75, 3.05) is 7.05 Å². The van der Waals surface area contributed by atoms with Gasteiger partial charge in [0.15, 0.2) is 0 Å². The van der Waals surface area contributed by atoms with E-state index in [1.165, 1.54) is 11.9 Å². The molecule has 0 aliphatic carbocycles. The van der Waals surface area contributed by atoms with Gasteiger partial charge in [-0.15, -0.1) is 0 Å². The van der Waals surface area contributed by atoms with Crippen LogP contribution >= 0.6 is 0 Å². The van der Waals surface area contributed by atoms with Crippen LogP contribution in [0.3, 0.4) is 0 Å². The van der Waals surface area contributed by atoms with Crippen LogP contribution in [0.15, 0.2) is 0 Å². The maximum Gasteiger partial charge on any atom is 0.247 e. The molecule has 2 unspecified atom stereocenters. The highest BCUT2D eigenvalue weighted by Crippen LogP contribution is 2.19. The summed E-state index contributed by atoms with van der Waals surface area (Å²) in [6, 6.07) is -1.61. The SMILES string of the molecule is CC(C)N1C(=O)CC(NC2CC(=O)N(C)C2=O)C1=O. The van der Waals surface area contributed by atoms with Gasteiger partial charge in [-0.2, -0.15) is 0 Å². The summed E-state index contributed by atoms with van der Waals surface area (Å²) < 4.78 is 0. The number of carbonyl (C=O) groups is 4. The van der Waals surface area contributed by atoms with E-state index < -0.39 is 12.1 Å². The van der Waals surface area contributed by atoms with E-state index in [0.29, 0.717) is 0 Å². The molecule has 2 rings (SSSR count). The third-order valence-corrected chi connectivity index (χ3v) is 3.48. The largest absolute Gasteiger partial charge is 0.294 e. The molecule has 0 radical (unpaired) electrons. The van der Waals surface area contributed by atoms with E-state index in [2.05, 4.69) is 5.32 Å². The fraction of sp³-hybridized carbons (Fsp3) is 0.667. The average molecular weight is 267 g/mol. The lowest BCUT2D eigenvalue weighted by atomic mass is 10.1. The Kier molecular flexibility index (Phi) is 3.40. The van der Waals surface area contributed by atoms with Crippen molar-refractivity contribution in [3.8, 4) is 0 Å². The van der Waals surface area contributed by atoms with E-state index in [0.717, 1.165) is 4.90 Å². The topological polar surface area (TPSA) is 86.8 Å². The fourth-order valence-corrected chi connectivity index (χ4v) is 2.45. The highest BCUT2D eigenvalue weighted by molar-refractivity contribution is 6.08. The van der Waals surface area contributed by atoms with E-state index in [1.807, 2.05) is 0 Å². The van der Waals surface area contributed by atoms with Crippen LogP contribution in [0.2, 0.25) is 0 Å². The van der Waals surface area contributed by atoms with Gasteiger partial charge in [-0.1, -0.05) is 0 Å². The van der Waals surface area contributed by atoms with Crippen molar-refractivity contribution in [3.63, 3.8) is 0 Å². The minimum atomic E-state index is -0.705. The van der Waals surface area contributed by atoms with Crippen LogP contribution in [-0.2, 0) is 19.2 Å². The van der Waals surface area contributed by atoms with Gasteiger partial charge in [0.05, 0.1) is 24.9 Å². The lowest BCUT2D eigenvalue weighted by molar-refractivity contribution is -0.141. The average Bonchev–Trinajstić information content (AvgIpc) is 2.72. The van der Waals surface area contributed by atoms with Crippen molar-refractivity contribution >= 4 is 23.6 Å². The first-order chi connectivity index (χ1) is 8.82. The minimum absolute atomic E-state index is 0.0367. The summed E-state index contributed by atoms with van der Waals surface area (Å²) in [4.78, 5) is 49.1. The van der Waals surface area contributed by atoms with Gasteiger partial charge >= 0.3 is 0 Å². The number of nitrogens with zero attached hydrogens (tertiary/aromatic N) is 2. The molecule has 104 valence electrons. The molecule has 2 saturated heterocycles. The molecule has 0 aromatic heterocycles. The van der Waals surface area contributed by atoms with Crippen LogP contribution in [0.5, 0.6) is 0 Å². The molecule has 4 amide bonds. The Bertz CT molecular complexity index is 460. The predicted octanol–water partition coefficient (Wildman–Crippen LogP) is -1.13. The number of hydrogen-bond donors (Lipinski definition) is 1. The van der Waals surface area contributed by atoms with Crippen molar-refractivity contribution in [1.29, 1.82) is 0 Å². The Balaban J connectivity index is 2.06. The molecule has 1 N–H and O–H groups in total. The summed E-state index contributed by atoms with van der Waals surface area (Å²) in [5, 5.41) is 2.83. The van der Waals surface area contributed by atoms with E-state index >= 15 is 0 Å². The monoisotopic (exact) mass is 267 g/mol. The summed E-state index contributed by atoms with van der Waals surface area (Å²) >= 11 is 0. The summed E-state index contributed by atoms with van der Waals surface area (Å²) in [5.41, 5.74) is 0. The van der Waals surface area contributed by atoms with Gasteiger partial charge in [0, 0.05) is 13.1 Å². The number of rotatable bonds is 3. The quantitative estimate of drug-likeness (QED) is 0.654. The van der Waals surface area contributed by atoms with Gasteiger partial charge in [0.2, 0.25) is 23.6 Å². The minimum Gasteiger partial charge on any atom is -0.294 e. The third-order valence-electron chi connectivity index (χ3n) is 3.48. The Morgan fingerprint density at radius 3 is 1.95 bits per heavy atom. The zero-order chi connectivity index (χ0) is 14.3. The molecule has 7 nitrogen and oxygen atoms in total. The Morgan fingerprint density at radius 2 is 1.53 bits per heavy atom. The van der Waals surface area contributed by atoms with E-state index in [-0.39, 0.29) is 42.5 Å². The van der Waals surface area contributed by atoms with Gasteiger partial charge < -0.3 is 0 Å². The first-order valence-corrected chi connectivity index (χ1v) is 6.25. The molecule has 2 fully saturated rings. The second-order valence-electron chi connectivity index (χ2n) is 5.17. The van der Waals surface area contributed by atoms with Gasteiger partial charge in [0.1, 0.15) is 0 Å². The highest BCUT2D eigenvalue weighted by Gasteiger charge is 2.44. The normalized spacial score (nSPS) is 28.2. The number of likely N-dealkylation sites (N-methyl/N-ethyl adjacent to an activating group) is 1. The van der Waals surface area contributed by atoms with Gasteiger partial charge in [-0.25, -0.2) is 0 Å². The molecule has 0 aromatic carbocycles. The molecule has 0 spiro atoms. The van der Waals surface area contributed by atoms with E-state index in [1.54, 1.807) is 13.8 Å². The summed E-state index contributed by atoms with van der Waals surface area (Å²) in [5.74, 6) is -1.20. The molecule has 0 saturated carbocycles. The smallest absolute Gasteiger partial charge is 0.247 e. The molecular weight excluding hydrogens is 250 g/mol. The maximum atomic E-state index is 12.0. The third kappa shape index (κ3) is 2.25. The number of nitrogens with one attached hydrogen (secondary N) is 1. The van der Waals surface area contributed by atoms with Crippen LogP contribution in [0.4, 0.5) is 0 Å². The summed E-state index contributed by atoms with van der Waals surface area (Å²) in [6.07, 6.45) is 0.0771. The van der Waals surface area contributed by atoms with Crippen molar-refractivity contribution in [3.05, 3.63) is 0 Å². The van der Waals surface area contributed by atoms with Crippen LogP contribution in [0, 0.1) is 0 Å². The van der Waals surface area contributed by atoms with Gasteiger partial charge in [-0.05, 0) is 13.8 Å². The molecule has 0 aromatic rings. The van der Waals surface area contributed by atoms with Crippen molar-refractivity contribution in [1.82, 2.24) is 15.1 Å². The zero-order valence-electron chi connectivity index (χ0n) is 11.2. The van der Waals surface area contributed by atoms with Gasteiger partial charge in [0.25, 0.3) is 0 Å². The van der Waals surface area contributed by atoms with E-state index in [4.69, 9.17) is 0 Å². The molecule has 2 heterocycles. The van der Waals surface area contributed by atoms with Crippen LogP contribution < -0.4 is 5.32 Å².